The minimum atomic E-state index is -6.27. The van der Waals surface area contributed by atoms with Gasteiger partial charge in [0.05, 0.1) is 22.1 Å². The number of hydrogen-bond acceptors (Lipinski definition) is 6. The van der Waals surface area contributed by atoms with Crippen LogP contribution in [0.2, 0.25) is 5.02 Å². The molecule has 15 heteroatoms. The summed E-state index contributed by atoms with van der Waals surface area (Å²) in [5.41, 5.74) is -1.65. The number of esters is 1. The molecule has 3 heterocycles. The van der Waals surface area contributed by atoms with Crippen LogP contribution in [-0.4, -0.2) is 54.1 Å². The Morgan fingerprint density at radius 3 is 2.34 bits per heavy atom. The lowest BCUT2D eigenvalue weighted by atomic mass is 9.97. The van der Waals surface area contributed by atoms with E-state index in [1.807, 2.05) is 0 Å². The Balaban J connectivity index is 1.92. The van der Waals surface area contributed by atoms with E-state index in [2.05, 4.69) is 20.1 Å². The van der Waals surface area contributed by atoms with Crippen LogP contribution in [0.15, 0.2) is 53.6 Å². The standard InChI is InChI=1S/C23H17ClF8N4O2/c24-13-4-1-2-7-16(13)36-17(15-6-3-5-14(34-15)12-8-10-33-11-9-12)18(38-20(37)22(27,28)29)19(35-36)21(25,26)23(30,31)32/h1-8,17-18,33H,9-11H2. The zero-order valence-corrected chi connectivity index (χ0v) is 19.7. The summed E-state index contributed by atoms with van der Waals surface area (Å²) in [5.74, 6) is -8.75. The van der Waals surface area contributed by atoms with Gasteiger partial charge in [-0.05, 0) is 42.8 Å². The third-order valence-corrected chi connectivity index (χ3v) is 6.06. The number of nitrogens with zero attached hydrogens (tertiary/aromatic N) is 3. The van der Waals surface area contributed by atoms with Crippen LogP contribution in [0.5, 0.6) is 0 Å². The van der Waals surface area contributed by atoms with Crippen LogP contribution in [0.25, 0.3) is 5.57 Å². The Bertz CT molecular complexity index is 1280. The second-order valence-corrected chi connectivity index (χ2v) is 8.66. The first kappa shape index (κ1) is 27.8. The summed E-state index contributed by atoms with van der Waals surface area (Å²) in [5, 5.41) is 6.82. The third kappa shape index (κ3) is 5.32. The predicted octanol–water partition coefficient (Wildman–Crippen LogP) is 5.70. The number of pyridine rings is 1. The van der Waals surface area contributed by atoms with Gasteiger partial charge >= 0.3 is 24.2 Å². The molecule has 0 spiro atoms. The van der Waals surface area contributed by atoms with Crippen molar-refractivity contribution in [1.29, 1.82) is 0 Å². The zero-order valence-electron chi connectivity index (χ0n) is 19.0. The summed E-state index contributed by atoms with van der Waals surface area (Å²) >= 11 is 6.14. The smallest absolute Gasteiger partial charge is 0.446 e. The number of ether oxygens (including phenoxy) is 1. The summed E-state index contributed by atoms with van der Waals surface area (Å²) in [4.78, 5) is 16.1. The Labute approximate surface area is 214 Å². The van der Waals surface area contributed by atoms with E-state index >= 15 is 0 Å². The summed E-state index contributed by atoms with van der Waals surface area (Å²) in [6.45, 7) is 1.05. The first-order chi connectivity index (χ1) is 17.7. The average Bonchev–Trinajstić information content (AvgIpc) is 3.23. The normalized spacial score (nSPS) is 20.7. The molecule has 4 rings (SSSR count). The van der Waals surface area contributed by atoms with Gasteiger partial charge in [-0.1, -0.05) is 35.9 Å². The number of hydrogen-bond donors (Lipinski definition) is 1. The van der Waals surface area contributed by atoms with Gasteiger partial charge in [0, 0.05) is 6.54 Å². The highest BCUT2D eigenvalue weighted by Gasteiger charge is 2.67. The molecule has 2 aliphatic rings. The molecule has 0 saturated heterocycles. The van der Waals surface area contributed by atoms with Gasteiger partial charge in [0.15, 0.2) is 11.8 Å². The van der Waals surface area contributed by atoms with Crippen molar-refractivity contribution in [3.05, 3.63) is 65.0 Å². The highest BCUT2D eigenvalue weighted by molar-refractivity contribution is 6.33. The number of alkyl halides is 8. The van der Waals surface area contributed by atoms with Gasteiger partial charge in [0.25, 0.3) is 0 Å². The fraction of sp³-hybridized carbons (Fsp3) is 0.348. The quantitative estimate of drug-likeness (QED) is 0.370. The van der Waals surface area contributed by atoms with Crippen molar-refractivity contribution in [3.63, 3.8) is 0 Å². The van der Waals surface area contributed by atoms with Gasteiger partial charge in [0.1, 0.15) is 6.04 Å². The molecule has 6 nitrogen and oxygen atoms in total. The number of hydrazone groups is 1. The van der Waals surface area contributed by atoms with E-state index in [1.165, 1.54) is 42.5 Å². The molecule has 0 saturated carbocycles. The summed E-state index contributed by atoms with van der Waals surface area (Å²) < 4.78 is 113. The maximum absolute atomic E-state index is 14.7. The summed E-state index contributed by atoms with van der Waals surface area (Å²) in [7, 11) is 0. The lowest BCUT2D eigenvalue weighted by Gasteiger charge is -2.29. The van der Waals surface area contributed by atoms with Crippen molar-refractivity contribution in [1.82, 2.24) is 10.3 Å². The molecule has 2 aromatic rings. The van der Waals surface area contributed by atoms with Crippen molar-refractivity contribution in [2.24, 2.45) is 5.10 Å². The van der Waals surface area contributed by atoms with E-state index in [0.717, 1.165) is 0 Å². The van der Waals surface area contributed by atoms with Gasteiger partial charge < -0.3 is 10.1 Å². The van der Waals surface area contributed by atoms with E-state index in [9.17, 15) is 39.9 Å². The second-order valence-electron chi connectivity index (χ2n) is 8.25. The van der Waals surface area contributed by atoms with E-state index in [0.29, 0.717) is 35.8 Å². The van der Waals surface area contributed by atoms with Crippen molar-refractivity contribution in [2.75, 3.05) is 18.1 Å². The molecular formula is C23H17ClF8N4O2. The molecule has 0 radical (unpaired) electrons. The van der Waals surface area contributed by atoms with Gasteiger partial charge in [0.2, 0.25) is 0 Å². The third-order valence-electron chi connectivity index (χ3n) is 5.74. The van der Waals surface area contributed by atoms with E-state index < -0.39 is 42.1 Å². The fourth-order valence-electron chi connectivity index (χ4n) is 3.97. The molecule has 2 unspecified atom stereocenters. The van der Waals surface area contributed by atoms with Gasteiger partial charge in [-0.25, -0.2) is 4.79 Å². The predicted molar refractivity (Wildman–Crippen MR) is 121 cm³/mol. The Kier molecular flexibility index (Phi) is 7.40. The average molecular weight is 569 g/mol. The molecular weight excluding hydrogens is 552 g/mol. The first-order valence-electron chi connectivity index (χ1n) is 10.9. The van der Waals surface area contributed by atoms with E-state index in [-0.39, 0.29) is 16.4 Å². The molecule has 1 N–H and O–H groups in total. The number of aromatic nitrogens is 1. The van der Waals surface area contributed by atoms with Crippen molar-refractivity contribution >= 4 is 34.5 Å². The Morgan fingerprint density at radius 1 is 1.03 bits per heavy atom. The number of halogens is 9. The maximum Gasteiger partial charge on any atom is 0.490 e. The van der Waals surface area contributed by atoms with Crippen LogP contribution < -0.4 is 10.3 Å². The van der Waals surface area contributed by atoms with Crippen molar-refractivity contribution < 1.29 is 44.7 Å². The number of carbonyl (C=O) groups excluding carboxylic acids is 1. The van der Waals surface area contributed by atoms with Crippen LogP contribution in [-0.2, 0) is 9.53 Å². The van der Waals surface area contributed by atoms with Crippen LogP contribution in [0.4, 0.5) is 40.8 Å². The molecule has 1 aromatic heterocycles. The molecule has 0 amide bonds. The number of para-hydroxylation sites is 1. The largest absolute Gasteiger partial charge is 0.490 e. The Morgan fingerprint density at radius 2 is 1.74 bits per heavy atom. The molecule has 2 atom stereocenters. The highest BCUT2D eigenvalue weighted by Crippen LogP contribution is 2.47. The van der Waals surface area contributed by atoms with E-state index in [1.54, 1.807) is 6.08 Å². The minimum absolute atomic E-state index is 0.170. The van der Waals surface area contributed by atoms with Crippen molar-refractivity contribution in [3.8, 4) is 0 Å². The summed E-state index contributed by atoms with van der Waals surface area (Å²) in [6, 6.07) is 7.43. The number of nitrogens with one attached hydrogen (secondary N) is 1. The van der Waals surface area contributed by atoms with Crippen LogP contribution in [0.1, 0.15) is 23.9 Å². The lowest BCUT2D eigenvalue weighted by molar-refractivity contribution is -0.251. The van der Waals surface area contributed by atoms with Gasteiger partial charge in [-0.2, -0.15) is 40.2 Å². The lowest BCUT2D eigenvalue weighted by Crippen LogP contribution is -2.51. The SMILES string of the molecule is O=C(OC1C(C(F)(F)C(F)(F)F)=NN(c2ccccc2Cl)C1c1cccc(C2=CCNCC2)n1)C(F)(F)F. The maximum atomic E-state index is 14.7. The molecule has 0 bridgehead atoms. The summed E-state index contributed by atoms with van der Waals surface area (Å²) in [6.07, 6.45) is -12.5. The number of anilines is 1. The molecule has 1 aromatic carbocycles. The monoisotopic (exact) mass is 568 g/mol. The molecule has 38 heavy (non-hydrogen) atoms. The second kappa shape index (κ2) is 10.1. The highest BCUT2D eigenvalue weighted by atomic mass is 35.5. The number of rotatable bonds is 5. The molecule has 0 aliphatic carbocycles. The number of carbonyl (C=O) groups is 1. The molecule has 204 valence electrons. The fourth-order valence-corrected chi connectivity index (χ4v) is 4.20. The molecule has 0 fully saturated rings. The van der Waals surface area contributed by atoms with Crippen LogP contribution in [0.3, 0.4) is 0 Å². The molecule has 2 aliphatic heterocycles. The number of benzene rings is 1. The van der Waals surface area contributed by atoms with Gasteiger partial charge in [-0.3, -0.25) is 9.99 Å². The topological polar surface area (TPSA) is 66.8 Å². The minimum Gasteiger partial charge on any atom is -0.446 e. The first-order valence-corrected chi connectivity index (χ1v) is 11.3. The van der Waals surface area contributed by atoms with Gasteiger partial charge in [-0.15, -0.1) is 0 Å². The van der Waals surface area contributed by atoms with Crippen molar-refractivity contribution in [2.45, 2.75) is 36.8 Å². The van der Waals surface area contributed by atoms with Crippen LogP contribution in [0, 0.1) is 0 Å². The Hall–Kier alpha value is -3.26. The van der Waals surface area contributed by atoms with Crippen LogP contribution >= 0.6 is 11.6 Å². The van der Waals surface area contributed by atoms with E-state index in [4.69, 9.17) is 11.6 Å². The zero-order chi connectivity index (χ0) is 27.9.